The number of nitrogens with zero attached hydrogens (tertiary/aromatic N) is 3. The van der Waals surface area contributed by atoms with Crippen LogP contribution in [0.1, 0.15) is 37.9 Å². The number of aromatic nitrogens is 3. The molecule has 4 nitrogen and oxygen atoms in total. The standard InChI is InChI=1S/C16H23N3O/c1-12-5-7-14(8-6-12)9-16(3,4)15(20)13(2)19-11-17-10-18-19/h5-8,10-11,13,15,20H,9H2,1-4H3. The van der Waals surface area contributed by atoms with Gasteiger partial charge in [-0.05, 0) is 31.2 Å². The SMILES string of the molecule is Cc1ccc(CC(C)(C)C(O)C(C)n2cncn2)cc1. The number of hydrogen-bond acceptors (Lipinski definition) is 3. The number of aryl methyl sites for hydroxylation is 1. The first-order chi connectivity index (χ1) is 9.40. The van der Waals surface area contributed by atoms with Gasteiger partial charge in [0.1, 0.15) is 12.7 Å². The molecule has 1 aromatic heterocycles. The van der Waals surface area contributed by atoms with Crippen LogP contribution in [0.15, 0.2) is 36.9 Å². The molecule has 0 saturated heterocycles. The van der Waals surface area contributed by atoms with Crippen molar-refractivity contribution < 1.29 is 5.11 Å². The lowest BCUT2D eigenvalue weighted by atomic mass is 9.78. The Bertz CT molecular complexity index is 531. The molecule has 0 amide bonds. The Balaban J connectivity index is 2.10. The van der Waals surface area contributed by atoms with E-state index in [4.69, 9.17) is 0 Å². The van der Waals surface area contributed by atoms with Crippen LogP contribution in [0, 0.1) is 12.3 Å². The van der Waals surface area contributed by atoms with Crippen molar-refractivity contribution >= 4 is 0 Å². The lowest BCUT2D eigenvalue weighted by molar-refractivity contribution is 0.00825. The van der Waals surface area contributed by atoms with Crippen molar-refractivity contribution in [2.75, 3.05) is 0 Å². The molecular formula is C16H23N3O. The van der Waals surface area contributed by atoms with Gasteiger partial charge in [-0.25, -0.2) is 9.67 Å². The molecule has 2 aromatic rings. The maximum Gasteiger partial charge on any atom is 0.137 e. The van der Waals surface area contributed by atoms with Crippen LogP contribution < -0.4 is 0 Å². The molecule has 0 saturated carbocycles. The van der Waals surface area contributed by atoms with Gasteiger partial charge in [0.05, 0.1) is 12.1 Å². The average Bonchev–Trinajstić information content (AvgIpc) is 2.93. The molecule has 4 heteroatoms. The molecule has 0 fully saturated rings. The summed E-state index contributed by atoms with van der Waals surface area (Å²) in [7, 11) is 0. The zero-order valence-corrected chi connectivity index (χ0v) is 12.6. The number of aliphatic hydroxyl groups is 1. The highest BCUT2D eigenvalue weighted by molar-refractivity contribution is 5.22. The quantitative estimate of drug-likeness (QED) is 0.911. The highest BCUT2D eigenvalue weighted by Gasteiger charge is 2.33. The van der Waals surface area contributed by atoms with Crippen molar-refractivity contribution in [3.8, 4) is 0 Å². The summed E-state index contributed by atoms with van der Waals surface area (Å²) in [6.45, 7) is 8.22. The summed E-state index contributed by atoms with van der Waals surface area (Å²) in [5.41, 5.74) is 2.26. The molecule has 0 aliphatic heterocycles. The second-order valence-corrected chi connectivity index (χ2v) is 6.21. The summed E-state index contributed by atoms with van der Waals surface area (Å²) in [6, 6.07) is 8.38. The second kappa shape index (κ2) is 5.75. The van der Waals surface area contributed by atoms with E-state index in [1.165, 1.54) is 17.5 Å². The minimum absolute atomic E-state index is 0.0991. The van der Waals surface area contributed by atoms with E-state index in [9.17, 15) is 5.11 Å². The van der Waals surface area contributed by atoms with E-state index >= 15 is 0 Å². The molecule has 0 aliphatic rings. The Morgan fingerprint density at radius 2 is 1.90 bits per heavy atom. The zero-order valence-electron chi connectivity index (χ0n) is 12.6. The van der Waals surface area contributed by atoms with Crippen molar-refractivity contribution in [3.63, 3.8) is 0 Å². The molecule has 20 heavy (non-hydrogen) atoms. The molecule has 0 bridgehead atoms. The number of hydrogen-bond donors (Lipinski definition) is 1. The summed E-state index contributed by atoms with van der Waals surface area (Å²) >= 11 is 0. The fourth-order valence-corrected chi connectivity index (χ4v) is 2.56. The van der Waals surface area contributed by atoms with Gasteiger partial charge in [0, 0.05) is 0 Å². The monoisotopic (exact) mass is 273 g/mol. The van der Waals surface area contributed by atoms with Crippen LogP contribution in [0.5, 0.6) is 0 Å². The Morgan fingerprint density at radius 1 is 1.25 bits per heavy atom. The minimum atomic E-state index is -0.495. The van der Waals surface area contributed by atoms with Gasteiger partial charge in [0.2, 0.25) is 0 Å². The Hall–Kier alpha value is -1.68. The molecule has 0 radical (unpaired) electrons. The molecule has 0 aliphatic carbocycles. The summed E-state index contributed by atoms with van der Waals surface area (Å²) < 4.78 is 1.71. The third-order valence-electron chi connectivity index (χ3n) is 3.89. The third kappa shape index (κ3) is 3.25. The maximum atomic E-state index is 10.6. The van der Waals surface area contributed by atoms with Crippen LogP contribution in [-0.4, -0.2) is 26.0 Å². The number of rotatable bonds is 5. The van der Waals surface area contributed by atoms with Gasteiger partial charge in [-0.3, -0.25) is 0 Å². The van der Waals surface area contributed by atoms with E-state index in [1.807, 2.05) is 6.92 Å². The van der Waals surface area contributed by atoms with Gasteiger partial charge in [-0.1, -0.05) is 43.7 Å². The Morgan fingerprint density at radius 3 is 2.45 bits per heavy atom. The van der Waals surface area contributed by atoms with E-state index in [-0.39, 0.29) is 11.5 Å². The van der Waals surface area contributed by atoms with Gasteiger partial charge < -0.3 is 5.11 Å². The van der Waals surface area contributed by atoms with Crippen LogP contribution >= 0.6 is 0 Å². The second-order valence-electron chi connectivity index (χ2n) is 6.21. The minimum Gasteiger partial charge on any atom is -0.390 e. The van der Waals surface area contributed by atoms with Gasteiger partial charge in [0.25, 0.3) is 0 Å². The predicted molar refractivity (Wildman–Crippen MR) is 79.4 cm³/mol. The van der Waals surface area contributed by atoms with E-state index in [0.717, 1.165) is 6.42 Å². The van der Waals surface area contributed by atoms with Gasteiger partial charge in [-0.2, -0.15) is 5.10 Å². The number of aliphatic hydroxyl groups excluding tert-OH is 1. The molecule has 1 heterocycles. The largest absolute Gasteiger partial charge is 0.390 e. The first-order valence-corrected chi connectivity index (χ1v) is 6.98. The van der Waals surface area contributed by atoms with Crippen molar-refractivity contribution in [3.05, 3.63) is 48.0 Å². The average molecular weight is 273 g/mol. The third-order valence-corrected chi connectivity index (χ3v) is 3.89. The van der Waals surface area contributed by atoms with Crippen LogP contribution in [0.4, 0.5) is 0 Å². The number of benzene rings is 1. The molecule has 1 aromatic carbocycles. The molecule has 2 atom stereocenters. The van der Waals surface area contributed by atoms with Crippen molar-refractivity contribution in [1.29, 1.82) is 0 Å². The fraction of sp³-hybridized carbons (Fsp3) is 0.500. The Kier molecular flexibility index (Phi) is 4.23. The van der Waals surface area contributed by atoms with E-state index < -0.39 is 6.10 Å². The van der Waals surface area contributed by atoms with Crippen molar-refractivity contribution in [2.24, 2.45) is 5.41 Å². The summed E-state index contributed by atoms with van der Waals surface area (Å²) in [5.74, 6) is 0. The summed E-state index contributed by atoms with van der Waals surface area (Å²) in [5, 5.41) is 14.8. The maximum absolute atomic E-state index is 10.6. The topological polar surface area (TPSA) is 50.9 Å². The van der Waals surface area contributed by atoms with Crippen LogP contribution in [0.3, 0.4) is 0 Å². The lowest BCUT2D eigenvalue weighted by Gasteiger charge is -2.34. The van der Waals surface area contributed by atoms with E-state index in [2.05, 4.69) is 55.1 Å². The molecular weight excluding hydrogens is 250 g/mol. The van der Waals surface area contributed by atoms with Crippen LogP contribution in [-0.2, 0) is 6.42 Å². The first kappa shape index (κ1) is 14.7. The highest BCUT2D eigenvalue weighted by Crippen LogP contribution is 2.32. The van der Waals surface area contributed by atoms with Gasteiger partial charge in [0.15, 0.2) is 0 Å². The Labute approximate surface area is 120 Å². The fourth-order valence-electron chi connectivity index (χ4n) is 2.56. The molecule has 0 spiro atoms. The van der Waals surface area contributed by atoms with Crippen LogP contribution in [0.2, 0.25) is 0 Å². The molecule has 108 valence electrons. The van der Waals surface area contributed by atoms with Crippen molar-refractivity contribution in [1.82, 2.24) is 14.8 Å². The summed E-state index contributed by atoms with van der Waals surface area (Å²) in [6.07, 6.45) is 3.48. The van der Waals surface area contributed by atoms with Gasteiger partial charge in [-0.15, -0.1) is 0 Å². The van der Waals surface area contributed by atoms with E-state index in [1.54, 1.807) is 11.0 Å². The lowest BCUT2D eigenvalue weighted by Crippen LogP contribution is -2.38. The van der Waals surface area contributed by atoms with Crippen molar-refractivity contribution in [2.45, 2.75) is 46.3 Å². The molecule has 2 unspecified atom stereocenters. The molecule has 2 rings (SSSR count). The highest BCUT2D eigenvalue weighted by atomic mass is 16.3. The first-order valence-electron chi connectivity index (χ1n) is 6.98. The van der Waals surface area contributed by atoms with Gasteiger partial charge >= 0.3 is 0 Å². The van der Waals surface area contributed by atoms with Crippen LogP contribution in [0.25, 0.3) is 0 Å². The summed E-state index contributed by atoms with van der Waals surface area (Å²) in [4.78, 5) is 3.94. The smallest absolute Gasteiger partial charge is 0.137 e. The molecule has 1 N–H and O–H groups in total. The normalized spacial score (nSPS) is 15.1. The zero-order chi connectivity index (χ0) is 14.8. The predicted octanol–water partition coefficient (Wildman–Crippen LogP) is 2.78. The van der Waals surface area contributed by atoms with E-state index in [0.29, 0.717) is 0 Å².